The summed E-state index contributed by atoms with van der Waals surface area (Å²) in [7, 11) is 3.53. The zero-order valence-corrected chi connectivity index (χ0v) is 7.53. The van der Waals surface area contributed by atoms with E-state index in [0.29, 0.717) is 5.96 Å². The fourth-order valence-electron chi connectivity index (χ4n) is 1.39. The number of aliphatic imine (C=N–C) groups is 1. The molecule has 0 spiro atoms. The van der Waals surface area contributed by atoms with E-state index >= 15 is 0 Å². The van der Waals surface area contributed by atoms with E-state index in [1.165, 1.54) is 0 Å². The van der Waals surface area contributed by atoms with Crippen molar-refractivity contribution in [2.75, 3.05) is 7.11 Å². The molecule has 1 aromatic rings. The number of fused-ring (bicyclic) bond motifs is 1. The van der Waals surface area contributed by atoms with Crippen LogP contribution in [0.4, 0.5) is 5.82 Å². The lowest BCUT2D eigenvalue weighted by Gasteiger charge is -2.18. The number of aryl methyl sites for hydroxylation is 1. The smallest absolute Gasteiger partial charge is 0.269 e. The first kappa shape index (κ1) is 8.06. The van der Waals surface area contributed by atoms with E-state index in [2.05, 4.69) is 15.3 Å². The second-order valence-electron chi connectivity index (χ2n) is 2.88. The number of aromatic nitrogens is 2. The second-order valence-corrected chi connectivity index (χ2v) is 2.88. The zero-order valence-electron chi connectivity index (χ0n) is 7.53. The minimum atomic E-state index is -0.233. The summed E-state index contributed by atoms with van der Waals surface area (Å²) in [6.45, 7) is 0. The minimum Gasteiger partial charge on any atom is -0.369 e. The van der Waals surface area contributed by atoms with Gasteiger partial charge >= 0.3 is 0 Å². The number of aromatic amines is 1. The molecule has 0 bridgehead atoms. The van der Waals surface area contributed by atoms with Gasteiger partial charge in [-0.15, -0.1) is 0 Å². The fourth-order valence-corrected chi connectivity index (χ4v) is 1.39. The Labute approximate surface area is 75.4 Å². The van der Waals surface area contributed by atoms with Crippen LogP contribution in [0.5, 0.6) is 0 Å². The van der Waals surface area contributed by atoms with Gasteiger partial charge in [0.1, 0.15) is 0 Å². The lowest BCUT2D eigenvalue weighted by atomic mass is 10.3. The lowest BCUT2D eigenvalue weighted by molar-refractivity contribution is -0.681. The maximum atomic E-state index is 5.55. The van der Waals surface area contributed by atoms with Crippen molar-refractivity contribution in [2.45, 2.75) is 6.23 Å². The highest BCUT2D eigenvalue weighted by molar-refractivity contribution is 5.82. The van der Waals surface area contributed by atoms with Gasteiger partial charge in [0.25, 0.3) is 5.82 Å². The molecule has 0 amide bonds. The Morgan fingerprint density at radius 1 is 1.69 bits per heavy atom. The van der Waals surface area contributed by atoms with E-state index in [-0.39, 0.29) is 6.23 Å². The van der Waals surface area contributed by atoms with Crippen LogP contribution in [0.3, 0.4) is 0 Å². The molecule has 70 valence electrons. The Kier molecular flexibility index (Phi) is 1.70. The Bertz CT molecular complexity index is 356. The molecule has 4 N–H and O–H groups in total. The van der Waals surface area contributed by atoms with Crippen LogP contribution in [-0.4, -0.2) is 18.1 Å². The molecule has 6 heteroatoms. The molecule has 0 aromatic carbocycles. The molecule has 0 saturated carbocycles. The maximum absolute atomic E-state index is 5.55. The molecule has 13 heavy (non-hydrogen) atoms. The largest absolute Gasteiger partial charge is 0.369 e. The summed E-state index contributed by atoms with van der Waals surface area (Å²) in [5.41, 5.74) is 6.50. The summed E-state index contributed by atoms with van der Waals surface area (Å²) in [6, 6.07) is 0. The molecule has 1 atom stereocenters. The number of guanidine groups is 1. The van der Waals surface area contributed by atoms with E-state index in [1.807, 2.05) is 11.6 Å². The molecule has 2 heterocycles. The van der Waals surface area contributed by atoms with Gasteiger partial charge in [0, 0.05) is 7.11 Å². The van der Waals surface area contributed by atoms with Crippen molar-refractivity contribution in [3.05, 3.63) is 12.0 Å². The number of hydrogen-bond donors (Lipinski definition) is 3. The van der Waals surface area contributed by atoms with Crippen molar-refractivity contribution >= 4 is 11.8 Å². The van der Waals surface area contributed by atoms with Crippen molar-refractivity contribution in [3.8, 4) is 0 Å². The van der Waals surface area contributed by atoms with Crippen LogP contribution in [0.15, 0.2) is 11.3 Å². The summed E-state index contributed by atoms with van der Waals surface area (Å²) in [6.07, 6.45) is 1.57. The van der Waals surface area contributed by atoms with E-state index in [9.17, 15) is 0 Å². The Morgan fingerprint density at radius 2 is 2.46 bits per heavy atom. The summed E-state index contributed by atoms with van der Waals surface area (Å²) in [5, 5.41) is 2.91. The molecule has 1 aliphatic heterocycles. The van der Waals surface area contributed by atoms with Crippen LogP contribution in [-0.2, 0) is 11.8 Å². The highest BCUT2D eigenvalue weighted by Crippen LogP contribution is 2.23. The summed E-state index contributed by atoms with van der Waals surface area (Å²) in [5.74, 6) is 1.10. The molecule has 6 nitrogen and oxygen atoms in total. The number of imidazole rings is 1. The number of rotatable bonds is 1. The highest BCUT2D eigenvalue weighted by Gasteiger charge is 2.29. The number of ether oxygens (including phenoxy) is 1. The predicted molar refractivity (Wildman–Crippen MR) is 46.1 cm³/mol. The normalized spacial score (nSPS) is 20.5. The first-order valence-electron chi connectivity index (χ1n) is 3.92. The summed E-state index contributed by atoms with van der Waals surface area (Å²) < 4.78 is 7.12. The molecule has 1 aliphatic rings. The number of H-pyrrole nitrogens is 1. The lowest BCUT2D eigenvalue weighted by Crippen LogP contribution is -2.44. The molecule has 0 aliphatic carbocycles. The third-order valence-corrected chi connectivity index (χ3v) is 2.01. The number of nitrogens with one attached hydrogen (secondary N) is 2. The molecule has 1 aromatic heterocycles. The van der Waals surface area contributed by atoms with Gasteiger partial charge in [-0.2, -0.15) is 4.99 Å². The third-order valence-electron chi connectivity index (χ3n) is 2.01. The maximum Gasteiger partial charge on any atom is 0.269 e. The van der Waals surface area contributed by atoms with Crippen LogP contribution >= 0.6 is 0 Å². The number of nitrogens with zero attached hydrogens (tertiary/aromatic N) is 2. The van der Waals surface area contributed by atoms with Gasteiger partial charge in [-0.25, -0.2) is 9.55 Å². The van der Waals surface area contributed by atoms with E-state index < -0.39 is 0 Å². The molecular weight excluding hydrogens is 170 g/mol. The Balaban J connectivity index is 2.51. The molecule has 0 unspecified atom stereocenters. The fraction of sp³-hybridized carbons (Fsp3) is 0.429. The average Bonchev–Trinajstić information content (AvgIpc) is 2.46. The first-order chi connectivity index (χ1) is 6.22. The van der Waals surface area contributed by atoms with Gasteiger partial charge in [-0.3, -0.25) is 0 Å². The minimum absolute atomic E-state index is 0.233. The first-order valence-corrected chi connectivity index (χ1v) is 3.92. The van der Waals surface area contributed by atoms with Gasteiger partial charge in [0.2, 0.25) is 12.0 Å². The Hall–Kier alpha value is -1.56. The molecule has 0 saturated heterocycles. The van der Waals surface area contributed by atoms with Crippen LogP contribution in [0.25, 0.3) is 0 Å². The zero-order chi connectivity index (χ0) is 9.42. The third kappa shape index (κ3) is 1.15. The molecule has 2 rings (SSSR count). The highest BCUT2D eigenvalue weighted by atomic mass is 16.5. The number of methoxy groups -OCH3 is 1. The SMILES string of the molecule is CO[C@@H]1NC(N)=Nc2[nH]c[n+](C)c21. The average molecular weight is 182 g/mol. The van der Waals surface area contributed by atoms with Crippen molar-refractivity contribution in [1.82, 2.24) is 10.3 Å². The Morgan fingerprint density at radius 3 is 3.15 bits per heavy atom. The van der Waals surface area contributed by atoms with Crippen LogP contribution in [0.2, 0.25) is 0 Å². The van der Waals surface area contributed by atoms with E-state index in [1.54, 1.807) is 13.4 Å². The van der Waals surface area contributed by atoms with Crippen LogP contribution in [0.1, 0.15) is 11.9 Å². The molecule has 0 radical (unpaired) electrons. The summed E-state index contributed by atoms with van der Waals surface area (Å²) >= 11 is 0. The number of hydrogen-bond acceptors (Lipinski definition) is 4. The van der Waals surface area contributed by atoms with Crippen molar-refractivity contribution in [3.63, 3.8) is 0 Å². The van der Waals surface area contributed by atoms with Gasteiger partial charge in [-0.05, 0) is 0 Å². The van der Waals surface area contributed by atoms with Crippen molar-refractivity contribution in [1.29, 1.82) is 0 Å². The van der Waals surface area contributed by atoms with Crippen LogP contribution in [0, 0.1) is 0 Å². The molecule has 0 fully saturated rings. The second kappa shape index (κ2) is 2.74. The van der Waals surface area contributed by atoms with Crippen molar-refractivity contribution < 1.29 is 9.30 Å². The van der Waals surface area contributed by atoms with Gasteiger partial charge in [0.05, 0.1) is 7.05 Å². The van der Waals surface area contributed by atoms with Crippen molar-refractivity contribution in [2.24, 2.45) is 17.8 Å². The molecular formula is C7H12N5O+. The monoisotopic (exact) mass is 182 g/mol. The standard InChI is InChI=1S/C7H11N5O/c1-12-3-9-5-4(12)6(13-2)11-7(8)10-5/h3,6H,1-2H3,(H3,8,10,11)/p+1/t6-/m0/s1. The topological polar surface area (TPSA) is 79.3 Å². The summed E-state index contributed by atoms with van der Waals surface area (Å²) in [4.78, 5) is 7.09. The van der Waals surface area contributed by atoms with Gasteiger partial charge in [-0.1, -0.05) is 0 Å². The van der Waals surface area contributed by atoms with E-state index in [4.69, 9.17) is 10.5 Å². The number of nitrogens with two attached hydrogens (primary N) is 1. The quantitative estimate of drug-likeness (QED) is 0.489. The van der Waals surface area contributed by atoms with E-state index in [0.717, 1.165) is 11.5 Å². The van der Waals surface area contributed by atoms with Crippen LogP contribution < -0.4 is 15.6 Å². The van der Waals surface area contributed by atoms with Gasteiger partial charge in [0.15, 0.2) is 12.2 Å². The van der Waals surface area contributed by atoms with Gasteiger partial charge < -0.3 is 15.8 Å². The predicted octanol–water partition coefficient (Wildman–Crippen LogP) is -0.966.